The summed E-state index contributed by atoms with van der Waals surface area (Å²) in [4.78, 5) is 0. The highest BCUT2D eigenvalue weighted by Gasteiger charge is 2.26. The zero-order valence-corrected chi connectivity index (χ0v) is 15.4. The zero-order chi connectivity index (χ0) is 19.6. The van der Waals surface area contributed by atoms with Gasteiger partial charge in [-0.15, -0.1) is 0 Å². The molecule has 0 aliphatic rings. The van der Waals surface area contributed by atoms with Gasteiger partial charge < -0.3 is 9.84 Å². The lowest BCUT2D eigenvalue weighted by Gasteiger charge is -2.16. The van der Waals surface area contributed by atoms with Crippen LogP contribution in [0.1, 0.15) is 38.4 Å². The molecule has 5 heteroatoms. The number of rotatable bonds is 6. The SMILES string of the molecule is CC(C)C(O)c1ccc2ccc3ccc(OCCCC(F)(F)F)cc3c2c1. The topological polar surface area (TPSA) is 29.5 Å². The summed E-state index contributed by atoms with van der Waals surface area (Å²) in [5.74, 6) is 0.650. The second-order valence-corrected chi connectivity index (χ2v) is 7.19. The van der Waals surface area contributed by atoms with Crippen molar-refractivity contribution >= 4 is 21.5 Å². The second-order valence-electron chi connectivity index (χ2n) is 7.19. The zero-order valence-electron chi connectivity index (χ0n) is 15.4. The Kier molecular flexibility index (Phi) is 5.61. The molecule has 0 fully saturated rings. The smallest absolute Gasteiger partial charge is 0.389 e. The Labute approximate surface area is 156 Å². The monoisotopic (exact) mass is 376 g/mol. The molecule has 0 aliphatic heterocycles. The molecule has 0 saturated carbocycles. The molecule has 0 aliphatic carbocycles. The first kappa shape index (κ1) is 19.5. The molecule has 0 bridgehead atoms. The first-order chi connectivity index (χ1) is 12.7. The van der Waals surface area contributed by atoms with Gasteiger partial charge in [-0.3, -0.25) is 0 Å². The predicted molar refractivity (Wildman–Crippen MR) is 102 cm³/mol. The highest BCUT2D eigenvalue weighted by atomic mass is 19.4. The lowest BCUT2D eigenvalue weighted by atomic mass is 9.94. The first-order valence-corrected chi connectivity index (χ1v) is 9.08. The van der Waals surface area contributed by atoms with Gasteiger partial charge in [0.05, 0.1) is 12.7 Å². The van der Waals surface area contributed by atoms with Crippen molar-refractivity contribution in [1.29, 1.82) is 0 Å². The number of aliphatic hydroxyl groups excluding tert-OH is 1. The second kappa shape index (κ2) is 7.77. The van der Waals surface area contributed by atoms with Gasteiger partial charge in [-0.05, 0) is 57.6 Å². The standard InChI is InChI=1S/C22H23F3O2/c1-14(2)21(26)17-7-6-15-4-5-16-8-9-18(13-20(16)19(15)12-17)27-11-3-10-22(23,24)25/h4-9,12-14,21,26H,3,10-11H2,1-2H3. The number of alkyl halides is 3. The quantitative estimate of drug-likeness (QED) is 0.398. The van der Waals surface area contributed by atoms with E-state index < -0.39 is 18.7 Å². The Balaban J connectivity index is 1.91. The summed E-state index contributed by atoms with van der Waals surface area (Å²) >= 11 is 0. The molecule has 1 N–H and O–H groups in total. The maximum Gasteiger partial charge on any atom is 0.389 e. The molecule has 27 heavy (non-hydrogen) atoms. The molecule has 0 spiro atoms. The fourth-order valence-corrected chi connectivity index (χ4v) is 3.17. The van der Waals surface area contributed by atoms with Gasteiger partial charge in [0.15, 0.2) is 0 Å². The van der Waals surface area contributed by atoms with Crippen LogP contribution in [0.4, 0.5) is 13.2 Å². The number of ether oxygens (including phenoxy) is 1. The molecule has 1 unspecified atom stereocenters. The summed E-state index contributed by atoms with van der Waals surface area (Å²) in [5.41, 5.74) is 0.849. The number of halogens is 3. The van der Waals surface area contributed by atoms with Crippen molar-refractivity contribution in [3.63, 3.8) is 0 Å². The molecule has 3 rings (SSSR count). The van der Waals surface area contributed by atoms with Crippen LogP contribution >= 0.6 is 0 Å². The number of hydrogen-bond donors (Lipinski definition) is 1. The third-order valence-corrected chi connectivity index (χ3v) is 4.68. The van der Waals surface area contributed by atoms with Gasteiger partial charge in [0.25, 0.3) is 0 Å². The minimum absolute atomic E-state index is 0.0209. The van der Waals surface area contributed by atoms with E-state index in [0.717, 1.165) is 27.1 Å². The summed E-state index contributed by atoms with van der Waals surface area (Å²) in [7, 11) is 0. The molecule has 0 radical (unpaired) electrons. The van der Waals surface area contributed by atoms with E-state index in [2.05, 4.69) is 0 Å². The van der Waals surface area contributed by atoms with Gasteiger partial charge in [0.2, 0.25) is 0 Å². The van der Waals surface area contributed by atoms with Crippen LogP contribution in [-0.2, 0) is 0 Å². The first-order valence-electron chi connectivity index (χ1n) is 9.08. The van der Waals surface area contributed by atoms with Crippen LogP contribution in [0.3, 0.4) is 0 Å². The minimum Gasteiger partial charge on any atom is -0.494 e. The van der Waals surface area contributed by atoms with Gasteiger partial charge in [0, 0.05) is 6.42 Å². The van der Waals surface area contributed by atoms with Gasteiger partial charge >= 0.3 is 6.18 Å². The predicted octanol–water partition coefficient (Wildman–Crippen LogP) is 6.40. The molecule has 3 aromatic carbocycles. The summed E-state index contributed by atoms with van der Waals surface area (Å²) < 4.78 is 42.3. The van der Waals surface area contributed by atoms with Crippen LogP contribution in [-0.4, -0.2) is 17.9 Å². The number of hydrogen-bond acceptors (Lipinski definition) is 2. The summed E-state index contributed by atoms with van der Waals surface area (Å²) in [6.07, 6.45) is -5.62. The van der Waals surface area contributed by atoms with E-state index in [-0.39, 0.29) is 18.9 Å². The Morgan fingerprint density at radius 1 is 0.926 bits per heavy atom. The van der Waals surface area contributed by atoms with Crippen LogP contribution in [0.2, 0.25) is 0 Å². The summed E-state index contributed by atoms with van der Waals surface area (Å²) in [5, 5.41) is 14.4. The third kappa shape index (κ3) is 4.72. The number of aliphatic hydroxyl groups is 1. The maximum absolute atomic E-state index is 12.2. The van der Waals surface area contributed by atoms with Crippen molar-refractivity contribution in [2.75, 3.05) is 6.61 Å². The molecule has 0 aromatic heterocycles. The molecule has 3 aromatic rings. The Bertz CT molecular complexity index is 932. The van der Waals surface area contributed by atoms with Crippen molar-refractivity contribution in [3.8, 4) is 5.75 Å². The van der Waals surface area contributed by atoms with E-state index in [9.17, 15) is 18.3 Å². The van der Waals surface area contributed by atoms with E-state index in [4.69, 9.17) is 4.74 Å². The van der Waals surface area contributed by atoms with Crippen LogP contribution in [0.15, 0.2) is 48.5 Å². The van der Waals surface area contributed by atoms with Crippen LogP contribution in [0, 0.1) is 5.92 Å². The van der Waals surface area contributed by atoms with Crippen molar-refractivity contribution in [2.24, 2.45) is 5.92 Å². The average Bonchev–Trinajstić information content (AvgIpc) is 2.63. The third-order valence-electron chi connectivity index (χ3n) is 4.68. The molecule has 2 nitrogen and oxygen atoms in total. The van der Waals surface area contributed by atoms with Crippen molar-refractivity contribution in [2.45, 2.75) is 39.0 Å². The van der Waals surface area contributed by atoms with E-state index in [1.165, 1.54) is 0 Å². The summed E-state index contributed by atoms with van der Waals surface area (Å²) in [6.45, 7) is 3.95. The highest BCUT2D eigenvalue weighted by Crippen LogP contribution is 2.32. The van der Waals surface area contributed by atoms with Gasteiger partial charge in [-0.1, -0.05) is 44.2 Å². The van der Waals surface area contributed by atoms with Crippen LogP contribution in [0.5, 0.6) is 5.75 Å². The maximum atomic E-state index is 12.2. The van der Waals surface area contributed by atoms with Gasteiger partial charge in [-0.2, -0.15) is 13.2 Å². The molecule has 1 atom stereocenters. The molecule has 0 saturated heterocycles. The lowest BCUT2D eigenvalue weighted by Crippen LogP contribution is -2.09. The Morgan fingerprint density at radius 3 is 2.15 bits per heavy atom. The molecule has 0 heterocycles. The van der Waals surface area contributed by atoms with Crippen LogP contribution < -0.4 is 4.74 Å². The fourth-order valence-electron chi connectivity index (χ4n) is 3.17. The van der Waals surface area contributed by atoms with Crippen molar-refractivity contribution in [1.82, 2.24) is 0 Å². The van der Waals surface area contributed by atoms with Gasteiger partial charge in [-0.25, -0.2) is 0 Å². The van der Waals surface area contributed by atoms with Crippen LogP contribution in [0.25, 0.3) is 21.5 Å². The van der Waals surface area contributed by atoms with E-state index in [1.54, 1.807) is 6.07 Å². The minimum atomic E-state index is -4.16. The normalized spacial score (nSPS) is 13.4. The van der Waals surface area contributed by atoms with E-state index in [0.29, 0.717) is 5.75 Å². The number of benzene rings is 3. The average molecular weight is 376 g/mol. The largest absolute Gasteiger partial charge is 0.494 e. The van der Waals surface area contributed by atoms with E-state index >= 15 is 0 Å². The van der Waals surface area contributed by atoms with Crippen molar-refractivity contribution < 1.29 is 23.0 Å². The van der Waals surface area contributed by atoms with Gasteiger partial charge in [0.1, 0.15) is 5.75 Å². The van der Waals surface area contributed by atoms with E-state index in [1.807, 2.05) is 56.3 Å². The Hall–Kier alpha value is -2.27. The van der Waals surface area contributed by atoms with Crippen molar-refractivity contribution in [3.05, 3.63) is 54.1 Å². The molecule has 0 amide bonds. The highest BCUT2D eigenvalue weighted by molar-refractivity contribution is 6.08. The lowest BCUT2D eigenvalue weighted by molar-refractivity contribution is -0.136. The number of fused-ring (bicyclic) bond motifs is 3. The molecular weight excluding hydrogens is 353 g/mol. The molecular formula is C22H23F3O2. The fraction of sp³-hybridized carbons (Fsp3) is 0.364. The molecule has 144 valence electrons. The Morgan fingerprint density at radius 2 is 1.52 bits per heavy atom. The summed E-state index contributed by atoms with van der Waals surface area (Å²) in [6, 6.07) is 15.4.